The maximum atomic E-state index is 13.1. The summed E-state index contributed by atoms with van der Waals surface area (Å²) in [5.41, 5.74) is 4.48. The first-order chi connectivity index (χ1) is 14.2. The predicted octanol–water partition coefficient (Wildman–Crippen LogP) is 4.31. The second-order valence-corrected chi connectivity index (χ2v) is 8.10. The summed E-state index contributed by atoms with van der Waals surface area (Å²) >= 11 is 1.21. The van der Waals surface area contributed by atoms with Crippen LogP contribution in [-0.4, -0.2) is 26.0 Å². The molecule has 3 aromatic rings. The highest BCUT2D eigenvalue weighted by molar-refractivity contribution is 8.00. The third-order valence-corrected chi connectivity index (χ3v) is 5.97. The summed E-state index contributed by atoms with van der Waals surface area (Å²) in [4.78, 5) is 13.1. The van der Waals surface area contributed by atoms with E-state index in [1.165, 1.54) is 23.9 Å². The normalized spacial score (nSPS) is 18.4. The molecule has 30 heavy (non-hydrogen) atoms. The minimum absolute atomic E-state index is 0.0845. The molecule has 2 atom stereocenters. The molecule has 10 heteroatoms. The number of carbonyl (C=O) groups is 1. The van der Waals surface area contributed by atoms with Crippen LogP contribution in [0, 0.1) is 13.8 Å². The van der Waals surface area contributed by atoms with Crippen molar-refractivity contribution in [1.82, 2.24) is 14.9 Å². The Hall–Kier alpha value is -3.01. The molecule has 0 saturated heterocycles. The number of halogens is 3. The number of alkyl halides is 3. The van der Waals surface area contributed by atoms with E-state index in [4.69, 9.17) is 0 Å². The van der Waals surface area contributed by atoms with Crippen molar-refractivity contribution in [3.63, 3.8) is 0 Å². The second-order valence-electron chi connectivity index (χ2n) is 6.99. The molecular formula is C20H18F3N5OS. The Kier molecular flexibility index (Phi) is 5.19. The van der Waals surface area contributed by atoms with E-state index < -0.39 is 28.9 Å². The molecule has 2 heterocycles. The molecule has 0 spiro atoms. The lowest BCUT2D eigenvalue weighted by Gasteiger charge is -2.32. The van der Waals surface area contributed by atoms with Crippen LogP contribution in [0.25, 0.3) is 0 Å². The van der Waals surface area contributed by atoms with E-state index in [0.29, 0.717) is 11.0 Å². The van der Waals surface area contributed by atoms with Gasteiger partial charge in [-0.15, -0.1) is 10.2 Å². The number of nitrogens with zero attached hydrogens (tertiary/aromatic N) is 3. The minimum Gasteiger partial charge on any atom is -0.325 e. The summed E-state index contributed by atoms with van der Waals surface area (Å²) in [7, 11) is 0. The van der Waals surface area contributed by atoms with Crippen molar-refractivity contribution in [1.29, 1.82) is 0 Å². The topological polar surface area (TPSA) is 71.8 Å². The number of hydrogen-bond acceptors (Lipinski definition) is 5. The summed E-state index contributed by atoms with van der Waals surface area (Å²) in [6.45, 7) is 3.76. The number of thioether (sulfide) groups is 1. The van der Waals surface area contributed by atoms with Crippen LogP contribution >= 0.6 is 11.8 Å². The van der Waals surface area contributed by atoms with Crippen molar-refractivity contribution < 1.29 is 18.0 Å². The van der Waals surface area contributed by atoms with E-state index in [0.717, 1.165) is 23.3 Å². The first kappa shape index (κ1) is 20.3. The number of aromatic nitrogens is 3. The Morgan fingerprint density at radius 3 is 2.57 bits per heavy atom. The highest BCUT2D eigenvalue weighted by atomic mass is 32.2. The van der Waals surface area contributed by atoms with Gasteiger partial charge in [0.2, 0.25) is 11.1 Å². The summed E-state index contributed by atoms with van der Waals surface area (Å²) in [6.07, 6.45) is -4.49. The fraction of sp³-hybridized carbons (Fsp3) is 0.250. The Bertz CT molecular complexity index is 1080. The van der Waals surface area contributed by atoms with Gasteiger partial charge < -0.3 is 10.7 Å². The van der Waals surface area contributed by atoms with Crippen molar-refractivity contribution in [2.45, 2.75) is 36.5 Å². The maximum Gasteiger partial charge on any atom is 0.416 e. The Morgan fingerprint density at radius 1 is 1.13 bits per heavy atom. The van der Waals surface area contributed by atoms with Crippen molar-refractivity contribution in [3.8, 4) is 0 Å². The Labute approximate surface area is 174 Å². The number of hydrogen-bond donors (Lipinski definition) is 2. The number of nitrogens with one attached hydrogen (secondary N) is 2. The average molecular weight is 433 g/mol. The number of fused-ring (bicyclic) bond motifs is 1. The summed E-state index contributed by atoms with van der Waals surface area (Å²) < 4.78 is 40.7. The maximum absolute atomic E-state index is 13.1. The van der Waals surface area contributed by atoms with E-state index in [-0.39, 0.29) is 5.69 Å². The van der Waals surface area contributed by atoms with Gasteiger partial charge in [0.1, 0.15) is 11.1 Å². The van der Waals surface area contributed by atoms with Crippen LogP contribution in [0.4, 0.5) is 18.9 Å². The monoisotopic (exact) mass is 433 g/mol. The smallest absolute Gasteiger partial charge is 0.325 e. The van der Waals surface area contributed by atoms with Crippen molar-refractivity contribution in [3.05, 3.63) is 71.0 Å². The SMILES string of the molecule is Cc1ccc([C@@H]2Nn3c(C)nnc3S[C@H]2C(=O)Nc2cccc(C(F)(F)F)c2)cc1. The molecule has 2 N–H and O–H groups in total. The number of benzene rings is 2. The minimum atomic E-state index is -4.49. The summed E-state index contributed by atoms with van der Waals surface area (Å²) in [6, 6.07) is 11.9. The molecule has 0 unspecified atom stereocenters. The number of anilines is 1. The van der Waals surface area contributed by atoms with Gasteiger partial charge in [-0.2, -0.15) is 13.2 Å². The van der Waals surface area contributed by atoms with Crippen LogP contribution in [0.1, 0.15) is 28.6 Å². The van der Waals surface area contributed by atoms with Gasteiger partial charge in [0.05, 0.1) is 11.6 Å². The van der Waals surface area contributed by atoms with E-state index in [2.05, 4.69) is 20.9 Å². The van der Waals surface area contributed by atoms with Crippen LogP contribution in [0.15, 0.2) is 53.7 Å². The quantitative estimate of drug-likeness (QED) is 0.644. The predicted molar refractivity (Wildman–Crippen MR) is 108 cm³/mol. The number of carbonyl (C=O) groups excluding carboxylic acids is 1. The van der Waals surface area contributed by atoms with Crippen LogP contribution in [0.3, 0.4) is 0 Å². The number of aryl methyl sites for hydroxylation is 2. The number of amides is 1. The van der Waals surface area contributed by atoms with Gasteiger partial charge in [-0.05, 0) is 37.6 Å². The average Bonchev–Trinajstić information content (AvgIpc) is 3.07. The van der Waals surface area contributed by atoms with Crippen molar-refractivity contribution in [2.24, 2.45) is 0 Å². The van der Waals surface area contributed by atoms with Crippen molar-refractivity contribution >= 4 is 23.4 Å². The van der Waals surface area contributed by atoms with Crippen molar-refractivity contribution in [2.75, 3.05) is 10.7 Å². The summed E-state index contributed by atoms with van der Waals surface area (Å²) in [5, 5.41) is 10.6. The van der Waals surface area contributed by atoms with Gasteiger partial charge in [-0.25, -0.2) is 4.68 Å². The first-order valence-electron chi connectivity index (χ1n) is 9.12. The van der Waals surface area contributed by atoms with Crippen LogP contribution in [0.2, 0.25) is 0 Å². The molecular weight excluding hydrogens is 415 g/mol. The Balaban J connectivity index is 1.64. The first-order valence-corrected chi connectivity index (χ1v) is 10.0. The lowest BCUT2D eigenvalue weighted by atomic mass is 10.0. The van der Waals surface area contributed by atoms with Crippen LogP contribution in [-0.2, 0) is 11.0 Å². The van der Waals surface area contributed by atoms with Crippen LogP contribution in [0.5, 0.6) is 0 Å². The van der Waals surface area contributed by atoms with Gasteiger partial charge in [-0.1, -0.05) is 47.7 Å². The molecule has 1 aromatic heterocycles. The van der Waals surface area contributed by atoms with E-state index >= 15 is 0 Å². The summed E-state index contributed by atoms with van der Waals surface area (Å²) in [5.74, 6) is 0.218. The fourth-order valence-electron chi connectivity index (χ4n) is 3.17. The van der Waals surface area contributed by atoms with E-state index in [9.17, 15) is 18.0 Å². The molecule has 4 rings (SSSR count). The molecule has 1 aliphatic rings. The molecule has 0 saturated carbocycles. The van der Waals surface area contributed by atoms with E-state index in [1.54, 1.807) is 11.6 Å². The molecule has 0 radical (unpaired) electrons. The zero-order valence-corrected chi connectivity index (χ0v) is 16.9. The molecule has 0 bridgehead atoms. The highest BCUT2D eigenvalue weighted by Gasteiger charge is 2.38. The highest BCUT2D eigenvalue weighted by Crippen LogP contribution is 2.38. The van der Waals surface area contributed by atoms with Gasteiger partial charge in [0.25, 0.3) is 0 Å². The lowest BCUT2D eigenvalue weighted by Crippen LogP contribution is -2.41. The zero-order valence-electron chi connectivity index (χ0n) is 16.1. The van der Waals surface area contributed by atoms with E-state index in [1.807, 2.05) is 31.2 Å². The largest absolute Gasteiger partial charge is 0.416 e. The van der Waals surface area contributed by atoms with Gasteiger partial charge in [0, 0.05) is 5.69 Å². The van der Waals surface area contributed by atoms with Gasteiger partial charge in [0.15, 0.2) is 0 Å². The van der Waals surface area contributed by atoms with Crippen LogP contribution < -0.4 is 10.7 Å². The van der Waals surface area contributed by atoms with Gasteiger partial charge >= 0.3 is 6.18 Å². The molecule has 156 valence electrons. The second kappa shape index (κ2) is 7.67. The number of rotatable bonds is 3. The van der Waals surface area contributed by atoms with Gasteiger partial charge in [-0.3, -0.25) is 4.79 Å². The Morgan fingerprint density at radius 2 is 1.87 bits per heavy atom. The lowest BCUT2D eigenvalue weighted by molar-refractivity contribution is -0.137. The standard InChI is InChI=1S/C20H18F3N5OS/c1-11-6-8-13(9-7-11)16-17(30-19-26-25-12(2)28(19)27-16)18(29)24-15-5-3-4-14(10-15)20(21,22)23/h3-10,16-17,27H,1-2H3,(H,24,29)/t16-,17+/m0/s1. The third-order valence-electron chi connectivity index (χ3n) is 4.75. The molecule has 0 fully saturated rings. The molecule has 0 aliphatic carbocycles. The fourth-order valence-corrected chi connectivity index (χ4v) is 4.30. The molecule has 6 nitrogen and oxygen atoms in total. The third kappa shape index (κ3) is 4.00. The molecule has 2 aromatic carbocycles. The molecule has 1 aliphatic heterocycles. The zero-order chi connectivity index (χ0) is 21.5. The molecule has 1 amide bonds.